The van der Waals surface area contributed by atoms with Gasteiger partial charge in [-0.15, -0.1) is 11.3 Å². The second kappa shape index (κ2) is 7.95. The fraction of sp³-hybridized carbons (Fsp3) is 0.111. The topological polar surface area (TPSA) is 55.4 Å². The molecule has 0 aliphatic heterocycles. The van der Waals surface area contributed by atoms with Gasteiger partial charge in [0.15, 0.2) is 0 Å². The third-order valence-corrected chi connectivity index (χ3v) is 5.97. The molecule has 0 atom stereocenters. The van der Waals surface area contributed by atoms with Crippen LogP contribution in [0.4, 0.5) is 0 Å². The van der Waals surface area contributed by atoms with E-state index in [1.807, 2.05) is 22.9 Å². The van der Waals surface area contributed by atoms with E-state index in [1.54, 1.807) is 31.4 Å². The predicted octanol–water partition coefficient (Wildman–Crippen LogP) is 4.74. The normalized spacial score (nSPS) is 10.5. The maximum Gasteiger partial charge on any atom is 0.252 e. The highest BCUT2D eigenvalue weighted by atomic mass is 79.9. The fourth-order valence-corrected chi connectivity index (χ4v) is 4.17. The predicted molar refractivity (Wildman–Crippen MR) is 104 cm³/mol. The number of halogens is 1. The van der Waals surface area contributed by atoms with Crippen molar-refractivity contribution in [1.82, 2.24) is 5.32 Å². The van der Waals surface area contributed by atoms with E-state index < -0.39 is 0 Å². The molecular formula is C18H14BrNO3S2. The summed E-state index contributed by atoms with van der Waals surface area (Å²) in [5, 5.41) is 6.59. The number of ketones is 1. The lowest BCUT2D eigenvalue weighted by Crippen LogP contribution is -2.22. The molecule has 7 heteroatoms. The standard InChI is InChI=1S/C18H14BrNO3S2/c1-23-12-2-4-15(19)14(8-12)18(22)20-9-13-3-5-16(25-13)17(21)11-6-7-24-10-11/h2-8,10H,9H2,1H3,(H,20,22). The van der Waals surface area contributed by atoms with Crippen LogP contribution < -0.4 is 10.1 Å². The first-order valence-corrected chi connectivity index (χ1v) is 9.91. The fourth-order valence-electron chi connectivity index (χ4n) is 2.20. The van der Waals surface area contributed by atoms with Crippen molar-refractivity contribution in [2.24, 2.45) is 0 Å². The van der Waals surface area contributed by atoms with Gasteiger partial charge in [0.05, 0.1) is 24.1 Å². The van der Waals surface area contributed by atoms with Crippen molar-refractivity contribution in [2.45, 2.75) is 6.54 Å². The van der Waals surface area contributed by atoms with Gasteiger partial charge in [-0.3, -0.25) is 9.59 Å². The van der Waals surface area contributed by atoms with Crippen LogP contribution in [0.3, 0.4) is 0 Å². The van der Waals surface area contributed by atoms with Crippen molar-refractivity contribution in [2.75, 3.05) is 7.11 Å². The molecule has 128 valence electrons. The average Bonchev–Trinajstić information content (AvgIpc) is 3.31. The first kappa shape index (κ1) is 17.8. The van der Waals surface area contributed by atoms with E-state index in [2.05, 4.69) is 21.2 Å². The Morgan fingerprint density at radius 1 is 1.20 bits per heavy atom. The second-order valence-corrected chi connectivity index (χ2v) is 7.94. The number of benzene rings is 1. The van der Waals surface area contributed by atoms with E-state index in [4.69, 9.17) is 4.74 Å². The molecule has 0 radical (unpaired) electrons. The molecule has 1 N–H and O–H groups in total. The van der Waals surface area contributed by atoms with Gasteiger partial charge in [-0.25, -0.2) is 0 Å². The molecule has 0 bridgehead atoms. The quantitative estimate of drug-likeness (QED) is 0.568. The smallest absolute Gasteiger partial charge is 0.252 e. The summed E-state index contributed by atoms with van der Waals surface area (Å²) >= 11 is 6.26. The van der Waals surface area contributed by atoms with E-state index in [9.17, 15) is 9.59 Å². The zero-order valence-electron chi connectivity index (χ0n) is 13.2. The Kier molecular flexibility index (Phi) is 5.67. The minimum Gasteiger partial charge on any atom is -0.497 e. The lowest BCUT2D eigenvalue weighted by atomic mass is 10.2. The van der Waals surface area contributed by atoms with Gasteiger partial charge in [0.1, 0.15) is 5.75 Å². The van der Waals surface area contributed by atoms with Gasteiger partial charge < -0.3 is 10.1 Å². The number of amides is 1. The van der Waals surface area contributed by atoms with Crippen molar-refractivity contribution < 1.29 is 14.3 Å². The van der Waals surface area contributed by atoms with Crippen LogP contribution in [-0.4, -0.2) is 18.8 Å². The summed E-state index contributed by atoms with van der Waals surface area (Å²) in [6, 6.07) is 10.7. The Morgan fingerprint density at radius 3 is 2.76 bits per heavy atom. The van der Waals surface area contributed by atoms with Gasteiger partial charge in [0.25, 0.3) is 5.91 Å². The van der Waals surface area contributed by atoms with Crippen LogP contribution in [0.5, 0.6) is 5.75 Å². The molecule has 0 unspecified atom stereocenters. The molecule has 25 heavy (non-hydrogen) atoms. The maximum atomic E-state index is 12.4. The van der Waals surface area contributed by atoms with Crippen LogP contribution in [-0.2, 0) is 6.54 Å². The van der Waals surface area contributed by atoms with Gasteiger partial charge in [-0.2, -0.15) is 11.3 Å². The molecule has 0 saturated carbocycles. The number of methoxy groups -OCH3 is 1. The van der Waals surface area contributed by atoms with Gasteiger partial charge in [-0.05, 0) is 57.7 Å². The van der Waals surface area contributed by atoms with Gasteiger partial charge in [0.2, 0.25) is 5.78 Å². The molecular weight excluding hydrogens is 422 g/mol. The van der Waals surface area contributed by atoms with E-state index in [1.165, 1.54) is 22.7 Å². The van der Waals surface area contributed by atoms with Crippen LogP contribution >= 0.6 is 38.6 Å². The minimum atomic E-state index is -0.204. The van der Waals surface area contributed by atoms with Crippen LogP contribution in [0.25, 0.3) is 0 Å². The van der Waals surface area contributed by atoms with E-state index >= 15 is 0 Å². The highest BCUT2D eigenvalue weighted by Crippen LogP contribution is 2.24. The van der Waals surface area contributed by atoms with Crippen molar-refractivity contribution in [1.29, 1.82) is 0 Å². The van der Waals surface area contributed by atoms with Crippen molar-refractivity contribution in [3.8, 4) is 5.75 Å². The lowest BCUT2D eigenvalue weighted by Gasteiger charge is -2.08. The Hall–Kier alpha value is -1.96. The molecule has 0 spiro atoms. The summed E-state index contributed by atoms with van der Waals surface area (Å²) in [5.74, 6) is 0.428. The van der Waals surface area contributed by atoms with Crippen molar-refractivity contribution >= 4 is 50.3 Å². The zero-order valence-corrected chi connectivity index (χ0v) is 16.5. The van der Waals surface area contributed by atoms with Crippen LogP contribution in [0.2, 0.25) is 0 Å². The summed E-state index contributed by atoms with van der Waals surface area (Å²) in [5.41, 5.74) is 1.20. The van der Waals surface area contributed by atoms with Crippen LogP contribution in [0.1, 0.15) is 30.5 Å². The van der Waals surface area contributed by atoms with Crippen molar-refractivity contribution in [3.63, 3.8) is 0 Å². The zero-order chi connectivity index (χ0) is 17.8. The molecule has 3 rings (SSSR count). The third-order valence-electron chi connectivity index (χ3n) is 3.51. The maximum absolute atomic E-state index is 12.4. The summed E-state index contributed by atoms with van der Waals surface area (Å²) in [6.45, 7) is 0.365. The Labute approximate surface area is 161 Å². The Balaban J connectivity index is 1.66. The summed E-state index contributed by atoms with van der Waals surface area (Å²) in [7, 11) is 1.56. The molecule has 0 aliphatic rings. The SMILES string of the molecule is COc1ccc(Br)c(C(=O)NCc2ccc(C(=O)c3ccsc3)s2)c1. The van der Waals surface area contributed by atoms with Gasteiger partial charge >= 0.3 is 0 Å². The van der Waals surface area contributed by atoms with E-state index in [0.717, 1.165) is 4.88 Å². The number of thiophene rings is 2. The molecule has 0 fully saturated rings. The number of nitrogens with one attached hydrogen (secondary N) is 1. The molecule has 0 aliphatic carbocycles. The molecule has 1 amide bonds. The number of ether oxygens (including phenoxy) is 1. The Bertz CT molecular complexity index is 903. The minimum absolute atomic E-state index is 0.0133. The molecule has 3 aromatic rings. The third kappa shape index (κ3) is 4.18. The molecule has 0 saturated heterocycles. The summed E-state index contributed by atoms with van der Waals surface area (Å²) in [6.07, 6.45) is 0. The molecule has 2 aromatic heterocycles. The van der Waals surface area contributed by atoms with Crippen molar-refractivity contribution in [3.05, 3.63) is 72.5 Å². The number of carbonyl (C=O) groups is 2. The van der Waals surface area contributed by atoms with Gasteiger partial charge in [-0.1, -0.05) is 0 Å². The monoisotopic (exact) mass is 435 g/mol. The van der Waals surface area contributed by atoms with Crippen LogP contribution in [0.15, 0.2) is 51.6 Å². The lowest BCUT2D eigenvalue weighted by molar-refractivity contribution is 0.0949. The molecule has 2 heterocycles. The number of carbonyl (C=O) groups excluding carboxylic acids is 2. The number of hydrogen-bond donors (Lipinski definition) is 1. The first-order valence-electron chi connectivity index (χ1n) is 7.36. The second-order valence-electron chi connectivity index (χ2n) is 5.14. The highest BCUT2D eigenvalue weighted by Gasteiger charge is 2.14. The van der Waals surface area contributed by atoms with E-state index in [0.29, 0.717) is 32.8 Å². The number of hydrogen-bond acceptors (Lipinski definition) is 5. The first-order chi connectivity index (χ1) is 12.1. The number of rotatable bonds is 6. The summed E-state index contributed by atoms with van der Waals surface area (Å²) < 4.78 is 5.85. The highest BCUT2D eigenvalue weighted by molar-refractivity contribution is 9.10. The molecule has 4 nitrogen and oxygen atoms in total. The van der Waals surface area contributed by atoms with E-state index in [-0.39, 0.29) is 11.7 Å². The summed E-state index contributed by atoms with van der Waals surface area (Å²) in [4.78, 5) is 26.3. The average molecular weight is 436 g/mol. The van der Waals surface area contributed by atoms with Crippen LogP contribution in [0, 0.1) is 0 Å². The largest absolute Gasteiger partial charge is 0.497 e. The van der Waals surface area contributed by atoms with Gasteiger partial charge in [0, 0.05) is 20.3 Å². The molecule has 1 aromatic carbocycles. The Morgan fingerprint density at radius 2 is 2.04 bits per heavy atom.